The third kappa shape index (κ3) is 4.74. The highest BCUT2D eigenvalue weighted by atomic mass is 32.2. The average molecular weight is 762 g/mol. The lowest BCUT2D eigenvalue weighted by Crippen LogP contribution is -2.70. The highest BCUT2D eigenvalue weighted by molar-refractivity contribution is 7.99. The number of piperazine rings is 1. The van der Waals surface area contributed by atoms with E-state index in [2.05, 4.69) is 10.2 Å². The molecule has 4 N–H and O–H groups in total. The van der Waals surface area contributed by atoms with Gasteiger partial charge < -0.3 is 43.7 Å². The lowest BCUT2D eigenvalue weighted by Gasteiger charge is -2.62. The molecule has 0 radical (unpaired) electrons. The van der Waals surface area contributed by atoms with Crippen LogP contribution in [0.3, 0.4) is 0 Å². The number of carbonyl (C=O) groups is 2. The van der Waals surface area contributed by atoms with Crippen molar-refractivity contribution in [3.8, 4) is 40.2 Å². The molecule has 15 heteroatoms. The Morgan fingerprint density at radius 3 is 2.54 bits per heavy atom. The molecule has 2 saturated heterocycles. The van der Waals surface area contributed by atoms with Crippen LogP contribution in [0, 0.1) is 13.8 Å². The second-order valence-corrected chi connectivity index (χ2v) is 16.1. The minimum atomic E-state index is -1.36. The Balaban J connectivity index is 1.32. The molecule has 0 aliphatic carbocycles. The summed E-state index contributed by atoms with van der Waals surface area (Å²) in [6.07, 6.45) is -0.0282. The van der Waals surface area contributed by atoms with Crippen LogP contribution in [0.1, 0.15) is 68.8 Å². The number of thioether (sulfide) groups is 1. The van der Waals surface area contributed by atoms with Gasteiger partial charge in [0.15, 0.2) is 40.0 Å². The number of benzene rings is 3. The molecule has 1 spiro atoms. The molecule has 4 bridgehead atoms. The van der Waals surface area contributed by atoms with E-state index >= 15 is 0 Å². The number of fused-ring (bicyclic) bond motifs is 9. The van der Waals surface area contributed by atoms with E-state index in [9.17, 15) is 24.9 Å². The second-order valence-electron chi connectivity index (χ2n) is 14.9. The fraction of sp³-hybridized carbons (Fsp3) is 0.487. The van der Waals surface area contributed by atoms with Gasteiger partial charge in [0.1, 0.15) is 18.6 Å². The number of hydrogen-bond donors (Lipinski definition) is 4. The third-order valence-electron chi connectivity index (χ3n) is 12.3. The first-order chi connectivity index (χ1) is 25.9. The molecule has 0 aromatic heterocycles. The quantitative estimate of drug-likeness (QED) is 0.226. The number of aryl methyl sites for hydroxylation is 1. The monoisotopic (exact) mass is 761 g/mol. The van der Waals surface area contributed by atoms with E-state index in [-0.39, 0.29) is 42.4 Å². The van der Waals surface area contributed by atoms with Crippen molar-refractivity contribution in [3.63, 3.8) is 0 Å². The molecule has 7 heterocycles. The molecular formula is C39H43N3O11S. The third-order valence-corrected chi connectivity index (χ3v) is 13.7. The zero-order chi connectivity index (χ0) is 38.0. The Morgan fingerprint density at radius 2 is 1.80 bits per heavy atom. The van der Waals surface area contributed by atoms with Gasteiger partial charge in [-0.2, -0.15) is 0 Å². The smallest absolute Gasteiger partial charge is 0.331 e. The van der Waals surface area contributed by atoms with Crippen LogP contribution in [-0.4, -0.2) is 102 Å². The summed E-state index contributed by atoms with van der Waals surface area (Å²) in [6.45, 7) is 5.26. The molecule has 0 saturated carbocycles. The number of phenolic OH excluding ortho intramolecular Hbond substituents is 2. The van der Waals surface area contributed by atoms with Gasteiger partial charge in [-0.3, -0.25) is 19.9 Å². The first-order valence-electron chi connectivity index (χ1n) is 18.1. The van der Waals surface area contributed by atoms with Crippen molar-refractivity contribution in [2.24, 2.45) is 0 Å². The van der Waals surface area contributed by atoms with Crippen LogP contribution >= 0.6 is 11.8 Å². The summed E-state index contributed by atoms with van der Waals surface area (Å²) in [5.41, 5.74) is 4.36. The normalized spacial score (nSPS) is 29.4. The Kier molecular flexibility index (Phi) is 8.21. The number of ether oxygens (including phenoxy) is 6. The van der Waals surface area contributed by atoms with E-state index in [0.29, 0.717) is 70.2 Å². The fourth-order valence-corrected chi connectivity index (χ4v) is 11.7. The van der Waals surface area contributed by atoms with Gasteiger partial charge >= 0.3 is 11.9 Å². The van der Waals surface area contributed by atoms with Crippen LogP contribution in [0.2, 0.25) is 0 Å². The molecule has 0 amide bonds. The lowest BCUT2D eigenvalue weighted by molar-refractivity contribution is -0.186. The number of methoxy groups -OCH3 is 2. The Bertz CT molecular complexity index is 2130. The maximum absolute atomic E-state index is 14.7. The molecular weight excluding hydrogens is 719 g/mol. The van der Waals surface area contributed by atoms with Crippen molar-refractivity contribution in [2.45, 2.75) is 74.8 Å². The maximum atomic E-state index is 14.7. The number of nitrogens with one attached hydrogen (secondary N) is 1. The standard InChI is InChI=1S/C39H43N3O11S/c1-16-9-20-10-22-37(46)42-23-13-50-38(47)39(21-12-25(48-5)24(44)11-19(21)7-8-40-39)14-54-36(30(42)29(41(22)4)26(20)31(45)32(16)49-6)28-27(23)35-34(51-15-52-35)17(2)33(28)53-18(3)43/h9,11-12,22-23,29-30,36-37,40,44-46H,7-8,10,13-15H2,1-6H3/t22-,23-,29+,30+,36?,37-,39+/m0/s1. The van der Waals surface area contributed by atoms with Gasteiger partial charge in [0.2, 0.25) is 6.79 Å². The highest BCUT2D eigenvalue weighted by Crippen LogP contribution is 2.64. The van der Waals surface area contributed by atoms with Gasteiger partial charge in [-0.25, -0.2) is 4.79 Å². The van der Waals surface area contributed by atoms with E-state index in [1.54, 1.807) is 12.1 Å². The number of aliphatic hydroxyl groups is 1. The Morgan fingerprint density at radius 1 is 1.02 bits per heavy atom. The van der Waals surface area contributed by atoms with Gasteiger partial charge in [0.05, 0.1) is 37.6 Å². The summed E-state index contributed by atoms with van der Waals surface area (Å²) in [6, 6.07) is 3.13. The van der Waals surface area contributed by atoms with Gasteiger partial charge in [-0.1, -0.05) is 6.07 Å². The maximum Gasteiger partial charge on any atom is 0.331 e. The molecule has 7 atom stereocenters. The van der Waals surface area contributed by atoms with E-state index in [1.165, 1.54) is 32.9 Å². The van der Waals surface area contributed by atoms with Crippen LogP contribution < -0.4 is 29.0 Å². The number of esters is 2. The van der Waals surface area contributed by atoms with E-state index in [4.69, 9.17) is 28.4 Å². The summed E-state index contributed by atoms with van der Waals surface area (Å²) in [5.74, 6) is 0.949. The molecule has 286 valence electrons. The number of aliphatic hydroxyl groups excluding tert-OH is 1. The number of nitrogens with zero attached hydrogens (tertiary/aromatic N) is 2. The fourth-order valence-electron chi connectivity index (χ4n) is 10.00. The minimum absolute atomic E-state index is 0.0226. The topological polar surface area (TPSA) is 169 Å². The second kappa shape index (κ2) is 12.6. The zero-order valence-corrected chi connectivity index (χ0v) is 31.7. The molecule has 10 rings (SSSR count). The highest BCUT2D eigenvalue weighted by Gasteiger charge is 2.61. The molecule has 7 aliphatic rings. The first kappa shape index (κ1) is 35.3. The van der Waals surface area contributed by atoms with Crippen LogP contribution in [0.25, 0.3) is 0 Å². The summed E-state index contributed by atoms with van der Waals surface area (Å²) in [4.78, 5) is 31.7. The van der Waals surface area contributed by atoms with Gasteiger partial charge in [0, 0.05) is 47.5 Å². The predicted molar refractivity (Wildman–Crippen MR) is 195 cm³/mol. The van der Waals surface area contributed by atoms with Crippen molar-refractivity contribution in [1.82, 2.24) is 15.1 Å². The van der Waals surface area contributed by atoms with Crippen LogP contribution in [0.15, 0.2) is 18.2 Å². The van der Waals surface area contributed by atoms with Crippen molar-refractivity contribution >= 4 is 23.7 Å². The predicted octanol–water partition coefficient (Wildman–Crippen LogP) is 3.41. The largest absolute Gasteiger partial charge is 0.504 e. The van der Waals surface area contributed by atoms with E-state index in [0.717, 1.165) is 16.7 Å². The number of rotatable bonds is 3. The number of carbonyl (C=O) groups excluding carboxylic acids is 2. The van der Waals surface area contributed by atoms with E-state index < -0.39 is 47.1 Å². The number of likely N-dealkylation sites (N-methyl/N-ethyl adjacent to an activating group) is 1. The van der Waals surface area contributed by atoms with Gasteiger partial charge in [-0.15, -0.1) is 11.8 Å². The van der Waals surface area contributed by atoms with Crippen molar-refractivity contribution in [2.75, 3.05) is 47.0 Å². The van der Waals surface area contributed by atoms with Gasteiger partial charge in [-0.05, 0) is 68.1 Å². The van der Waals surface area contributed by atoms with Crippen molar-refractivity contribution in [3.05, 3.63) is 62.7 Å². The molecule has 3 aromatic carbocycles. The minimum Gasteiger partial charge on any atom is -0.504 e. The molecule has 2 fully saturated rings. The Hall–Kier alpha value is -4.41. The molecule has 1 unspecified atom stereocenters. The van der Waals surface area contributed by atoms with Crippen LogP contribution in [-0.2, 0) is 32.7 Å². The molecule has 14 nitrogen and oxygen atoms in total. The number of hydrogen-bond acceptors (Lipinski definition) is 15. The van der Waals surface area contributed by atoms with Crippen LogP contribution in [0.4, 0.5) is 0 Å². The van der Waals surface area contributed by atoms with Crippen molar-refractivity contribution in [1.29, 1.82) is 0 Å². The summed E-state index contributed by atoms with van der Waals surface area (Å²) < 4.78 is 35.9. The van der Waals surface area contributed by atoms with Crippen LogP contribution in [0.5, 0.6) is 40.2 Å². The molecule has 54 heavy (non-hydrogen) atoms. The van der Waals surface area contributed by atoms with Crippen molar-refractivity contribution < 1.29 is 53.3 Å². The Labute approximate surface area is 316 Å². The van der Waals surface area contributed by atoms with E-state index in [1.807, 2.05) is 31.9 Å². The summed E-state index contributed by atoms with van der Waals surface area (Å²) in [5, 5.41) is 38.2. The zero-order valence-electron chi connectivity index (χ0n) is 30.8. The molecule has 7 aliphatic heterocycles. The number of phenols is 2. The summed E-state index contributed by atoms with van der Waals surface area (Å²) >= 11 is 1.47. The van der Waals surface area contributed by atoms with Gasteiger partial charge in [0.25, 0.3) is 0 Å². The molecule has 3 aromatic rings. The number of aromatic hydroxyl groups is 2. The SMILES string of the molecule is COc1cc2c(cc1O)CCN[C@]21CSC2c3c(OC(C)=O)c(C)c4c(c3[C@H](COC1=O)N1[C@@H](O)[C@@H]3Cc5cc(C)c(OC)c(O)c5[C@H]([C@H]21)N3C)OCO4. The lowest BCUT2D eigenvalue weighted by atomic mass is 9.73. The summed E-state index contributed by atoms with van der Waals surface area (Å²) in [7, 11) is 4.96. The average Bonchev–Trinajstić information content (AvgIpc) is 3.63. The first-order valence-corrected chi connectivity index (χ1v) is 19.1.